The van der Waals surface area contributed by atoms with Gasteiger partial charge in [0.05, 0.1) is 19.4 Å². The number of anilines is 2. The van der Waals surface area contributed by atoms with Crippen molar-refractivity contribution in [2.75, 3.05) is 37.9 Å². The van der Waals surface area contributed by atoms with Crippen molar-refractivity contribution in [2.45, 2.75) is 12.6 Å². The maximum Gasteiger partial charge on any atom is 0.254 e. The summed E-state index contributed by atoms with van der Waals surface area (Å²) in [6.45, 7) is 2.72. The number of hydrogen-bond donors (Lipinski definition) is 2. The first-order chi connectivity index (χ1) is 12.2. The number of rotatable bonds is 5. The van der Waals surface area contributed by atoms with Crippen LogP contribution in [0.1, 0.15) is 5.56 Å². The van der Waals surface area contributed by atoms with Crippen LogP contribution in [0.25, 0.3) is 0 Å². The molecular formula is C19H23N3O3. The number of nitrogens with one attached hydrogen (secondary N) is 1. The molecule has 132 valence electrons. The van der Waals surface area contributed by atoms with Gasteiger partial charge < -0.3 is 20.5 Å². The number of nitrogen functional groups attached to an aromatic ring is 1. The maximum absolute atomic E-state index is 12.5. The van der Waals surface area contributed by atoms with Gasteiger partial charge in [0, 0.05) is 25.3 Å². The van der Waals surface area contributed by atoms with Crippen LogP contribution in [-0.2, 0) is 16.1 Å². The first kappa shape index (κ1) is 17.3. The summed E-state index contributed by atoms with van der Waals surface area (Å²) in [5, 5.41) is 2.86. The van der Waals surface area contributed by atoms with E-state index in [0.717, 1.165) is 13.1 Å². The van der Waals surface area contributed by atoms with Crippen LogP contribution in [-0.4, -0.2) is 43.7 Å². The Labute approximate surface area is 147 Å². The van der Waals surface area contributed by atoms with Crippen molar-refractivity contribution in [3.63, 3.8) is 0 Å². The number of amides is 1. The van der Waals surface area contributed by atoms with Crippen molar-refractivity contribution in [3.8, 4) is 5.75 Å². The van der Waals surface area contributed by atoms with Gasteiger partial charge in [-0.3, -0.25) is 9.69 Å². The first-order valence-corrected chi connectivity index (χ1v) is 8.28. The highest BCUT2D eigenvalue weighted by atomic mass is 16.5. The van der Waals surface area contributed by atoms with Gasteiger partial charge in [-0.15, -0.1) is 0 Å². The zero-order valence-corrected chi connectivity index (χ0v) is 14.3. The molecule has 1 aliphatic rings. The molecule has 3 N–H and O–H groups in total. The Morgan fingerprint density at radius 1 is 1.32 bits per heavy atom. The monoisotopic (exact) mass is 341 g/mol. The van der Waals surface area contributed by atoms with E-state index in [1.807, 2.05) is 18.2 Å². The number of methoxy groups -OCH3 is 1. The molecule has 0 spiro atoms. The third-order valence-corrected chi connectivity index (χ3v) is 4.19. The Morgan fingerprint density at radius 2 is 2.12 bits per heavy atom. The number of benzene rings is 2. The molecule has 1 amide bonds. The minimum Gasteiger partial charge on any atom is -0.495 e. The second kappa shape index (κ2) is 8.00. The Bertz CT molecular complexity index is 721. The number of carbonyl (C=O) groups excluding carboxylic acids is 1. The lowest BCUT2D eigenvalue weighted by atomic mass is 10.2. The van der Waals surface area contributed by atoms with Gasteiger partial charge in [-0.1, -0.05) is 30.3 Å². The minimum atomic E-state index is -0.499. The minimum absolute atomic E-state index is 0.165. The summed E-state index contributed by atoms with van der Waals surface area (Å²) < 4.78 is 10.8. The van der Waals surface area contributed by atoms with E-state index in [1.165, 1.54) is 5.56 Å². The summed E-state index contributed by atoms with van der Waals surface area (Å²) in [7, 11) is 1.56. The molecule has 1 aliphatic heterocycles. The largest absolute Gasteiger partial charge is 0.495 e. The zero-order valence-electron chi connectivity index (χ0n) is 14.3. The summed E-state index contributed by atoms with van der Waals surface area (Å²) in [6.07, 6.45) is -0.499. The number of hydrogen-bond acceptors (Lipinski definition) is 5. The third-order valence-electron chi connectivity index (χ3n) is 4.19. The Hall–Kier alpha value is -2.57. The van der Waals surface area contributed by atoms with Gasteiger partial charge in [0.1, 0.15) is 11.9 Å². The number of ether oxygens (including phenoxy) is 2. The second-order valence-electron chi connectivity index (χ2n) is 6.03. The Kier molecular flexibility index (Phi) is 5.53. The standard InChI is InChI=1S/C19H23N3O3/c1-24-17-8-7-15(11-16(17)20)21-19(23)18-13-22(9-10-25-18)12-14-5-3-2-4-6-14/h2-8,11,18H,9-10,12-13,20H2,1H3,(H,21,23). The molecule has 0 aromatic heterocycles. The lowest BCUT2D eigenvalue weighted by Gasteiger charge is -2.32. The summed E-state index contributed by atoms with van der Waals surface area (Å²) in [6, 6.07) is 15.4. The molecule has 1 atom stereocenters. The number of morpholine rings is 1. The van der Waals surface area contributed by atoms with Crippen LogP contribution in [0.4, 0.5) is 11.4 Å². The van der Waals surface area contributed by atoms with Crippen LogP contribution in [0.3, 0.4) is 0 Å². The van der Waals surface area contributed by atoms with Gasteiger partial charge in [0.15, 0.2) is 0 Å². The van der Waals surface area contributed by atoms with E-state index in [4.69, 9.17) is 15.2 Å². The van der Waals surface area contributed by atoms with Gasteiger partial charge in [0.2, 0.25) is 0 Å². The van der Waals surface area contributed by atoms with Gasteiger partial charge >= 0.3 is 0 Å². The van der Waals surface area contributed by atoms with Crippen LogP contribution in [0.5, 0.6) is 5.75 Å². The first-order valence-electron chi connectivity index (χ1n) is 8.28. The summed E-state index contributed by atoms with van der Waals surface area (Å²) in [5.74, 6) is 0.420. The van der Waals surface area contributed by atoms with Crippen LogP contribution in [0, 0.1) is 0 Å². The van der Waals surface area contributed by atoms with Crippen molar-refractivity contribution in [3.05, 3.63) is 54.1 Å². The molecule has 1 fully saturated rings. The van der Waals surface area contributed by atoms with E-state index in [1.54, 1.807) is 25.3 Å². The molecule has 2 aromatic carbocycles. The summed E-state index contributed by atoms with van der Waals surface area (Å²) in [5.41, 5.74) is 8.22. The molecule has 0 saturated carbocycles. The predicted molar refractivity (Wildman–Crippen MR) is 97.5 cm³/mol. The van der Waals surface area contributed by atoms with Crippen LogP contribution < -0.4 is 15.8 Å². The molecule has 0 aliphatic carbocycles. The normalized spacial score (nSPS) is 17.9. The Balaban J connectivity index is 1.59. The molecule has 6 heteroatoms. The van der Waals surface area contributed by atoms with Crippen molar-refractivity contribution in [1.29, 1.82) is 0 Å². The lowest BCUT2D eigenvalue weighted by Crippen LogP contribution is -2.47. The third kappa shape index (κ3) is 4.49. The molecule has 2 aromatic rings. The fourth-order valence-corrected chi connectivity index (χ4v) is 2.88. The van der Waals surface area contributed by atoms with Crippen molar-refractivity contribution >= 4 is 17.3 Å². The molecule has 0 bridgehead atoms. The van der Waals surface area contributed by atoms with Crippen LogP contribution >= 0.6 is 0 Å². The molecule has 1 heterocycles. The SMILES string of the molecule is COc1ccc(NC(=O)C2CN(Cc3ccccc3)CCO2)cc1N. The molecule has 1 unspecified atom stereocenters. The van der Waals surface area contributed by atoms with Gasteiger partial charge in [-0.25, -0.2) is 0 Å². The smallest absolute Gasteiger partial charge is 0.254 e. The summed E-state index contributed by atoms with van der Waals surface area (Å²) in [4.78, 5) is 14.7. The van der Waals surface area contributed by atoms with E-state index in [0.29, 0.717) is 30.3 Å². The van der Waals surface area contributed by atoms with E-state index in [9.17, 15) is 4.79 Å². The van der Waals surface area contributed by atoms with Crippen molar-refractivity contribution < 1.29 is 14.3 Å². The van der Waals surface area contributed by atoms with E-state index in [2.05, 4.69) is 22.3 Å². The highest BCUT2D eigenvalue weighted by molar-refractivity contribution is 5.95. The van der Waals surface area contributed by atoms with Gasteiger partial charge in [-0.05, 0) is 23.8 Å². The fourth-order valence-electron chi connectivity index (χ4n) is 2.88. The molecule has 0 radical (unpaired) electrons. The molecule has 3 rings (SSSR count). The van der Waals surface area contributed by atoms with Gasteiger partial charge in [-0.2, -0.15) is 0 Å². The highest BCUT2D eigenvalue weighted by Gasteiger charge is 2.26. The Morgan fingerprint density at radius 3 is 2.84 bits per heavy atom. The number of nitrogens with two attached hydrogens (primary N) is 1. The topological polar surface area (TPSA) is 76.8 Å². The lowest BCUT2D eigenvalue weighted by molar-refractivity contribution is -0.133. The number of carbonyl (C=O) groups is 1. The quantitative estimate of drug-likeness (QED) is 0.815. The van der Waals surface area contributed by atoms with Gasteiger partial charge in [0.25, 0.3) is 5.91 Å². The number of nitrogens with zero attached hydrogens (tertiary/aromatic N) is 1. The average molecular weight is 341 g/mol. The molecular weight excluding hydrogens is 318 g/mol. The predicted octanol–water partition coefficient (Wildman–Crippen LogP) is 2.12. The maximum atomic E-state index is 12.5. The van der Waals surface area contributed by atoms with Crippen LogP contribution in [0.15, 0.2) is 48.5 Å². The molecule has 6 nitrogen and oxygen atoms in total. The van der Waals surface area contributed by atoms with Crippen molar-refractivity contribution in [2.24, 2.45) is 0 Å². The van der Waals surface area contributed by atoms with Crippen LogP contribution in [0.2, 0.25) is 0 Å². The zero-order chi connectivity index (χ0) is 17.6. The highest BCUT2D eigenvalue weighted by Crippen LogP contribution is 2.24. The average Bonchev–Trinajstić information content (AvgIpc) is 2.63. The fraction of sp³-hybridized carbons (Fsp3) is 0.316. The summed E-state index contributed by atoms with van der Waals surface area (Å²) >= 11 is 0. The van der Waals surface area contributed by atoms with E-state index < -0.39 is 6.10 Å². The second-order valence-corrected chi connectivity index (χ2v) is 6.03. The van der Waals surface area contributed by atoms with E-state index in [-0.39, 0.29) is 5.91 Å². The molecule has 25 heavy (non-hydrogen) atoms. The van der Waals surface area contributed by atoms with E-state index >= 15 is 0 Å². The van der Waals surface area contributed by atoms with Crippen molar-refractivity contribution in [1.82, 2.24) is 4.90 Å². The molecule has 1 saturated heterocycles.